The van der Waals surface area contributed by atoms with Crippen molar-refractivity contribution in [1.29, 1.82) is 0 Å². The topological polar surface area (TPSA) is 37.3 Å². The average Bonchev–Trinajstić information content (AvgIpc) is 1.66. The summed E-state index contributed by atoms with van der Waals surface area (Å²) >= 11 is 0. The van der Waals surface area contributed by atoms with Crippen LogP contribution >= 0.6 is 0 Å². The van der Waals surface area contributed by atoms with Gasteiger partial charge in [0, 0.05) is 6.08 Å². The number of hydrogen-bond donors (Lipinski definition) is 1. The summed E-state index contributed by atoms with van der Waals surface area (Å²) in [4.78, 5) is 9.75. The Hall–Kier alpha value is -0.0500. The van der Waals surface area contributed by atoms with E-state index in [-0.39, 0.29) is 31.0 Å². The van der Waals surface area contributed by atoms with Crippen molar-refractivity contribution in [3.8, 4) is 0 Å². The van der Waals surface area contributed by atoms with Crippen molar-refractivity contribution < 1.29 is 40.9 Å². The van der Waals surface area contributed by atoms with E-state index in [1.165, 1.54) is 6.08 Å². The number of rotatable bonds is 2. The Labute approximate surface area is 78.0 Å². The largest absolute Gasteiger partial charge is 1.00 e. The van der Waals surface area contributed by atoms with E-state index >= 15 is 0 Å². The Morgan fingerprint density at radius 1 is 1.56 bits per heavy atom. The molecule has 0 aromatic rings. The summed E-state index contributed by atoms with van der Waals surface area (Å²) in [6.45, 7) is 1.83. The third-order valence-corrected chi connectivity index (χ3v) is 0.542. The van der Waals surface area contributed by atoms with Gasteiger partial charge in [-0.3, -0.25) is 0 Å². The molecule has 1 N–H and O–H groups in total. The molecule has 0 aliphatic heterocycles. The molecule has 0 spiro atoms. The summed E-state index contributed by atoms with van der Waals surface area (Å²) in [5, 5.41) is 8.02. The second-order valence-corrected chi connectivity index (χ2v) is 1.22. The third-order valence-electron chi connectivity index (χ3n) is 0.542. The Bertz CT molecular complexity index is 132. The molecule has 0 rings (SSSR count). The predicted molar refractivity (Wildman–Crippen MR) is 32.7 cm³/mol. The number of allylic oxidation sites excluding steroid dienone is 3. The molecule has 0 atom stereocenters. The maximum Gasteiger partial charge on any atom is 1.00 e. The zero-order valence-electron chi connectivity index (χ0n) is 6.66. The van der Waals surface area contributed by atoms with Gasteiger partial charge in [0.1, 0.15) is 0 Å². The van der Waals surface area contributed by atoms with Gasteiger partial charge >= 0.3 is 35.5 Å². The molecule has 2 nitrogen and oxygen atoms in total. The number of carboxylic acid groups (broad SMARTS) is 1. The Balaban J connectivity index is -0.000000245. The van der Waals surface area contributed by atoms with E-state index in [0.29, 0.717) is 0 Å². The van der Waals surface area contributed by atoms with Crippen LogP contribution in [0.5, 0.6) is 0 Å². The van der Waals surface area contributed by atoms with Crippen LogP contribution in [0.15, 0.2) is 24.3 Å². The third kappa shape index (κ3) is 11.5. The molecular formula is C6H9NaO2. The smallest absolute Gasteiger partial charge is 1.00 e. The Kier molecular flexibility index (Phi) is 10.3. The van der Waals surface area contributed by atoms with Crippen LogP contribution in [-0.2, 0) is 4.79 Å². The zero-order valence-corrected chi connectivity index (χ0v) is 7.66. The number of carboxylic acids is 1. The Morgan fingerprint density at radius 2 is 2.11 bits per heavy atom. The van der Waals surface area contributed by atoms with Gasteiger partial charge in [-0.15, -0.1) is 0 Å². The van der Waals surface area contributed by atoms with E-state index < -0.39 is 5.97 Å². The van der Waals surface area contributed by atoms with Crippen molar-refractivity contribution in [1.82, 2.24) is 0 Å². The quantitative estimate of drug-likeness (QED) is 0.280. The Morgan fingerprint density at radius 3 is 2.44 bits per heavy atom. The summed E-state index contributed by atoms with van der Waals surface area (Å²) in [5.41, 5.74) is 0. The van der Waals surface area contributed by atoms with Crippen LogP contribution in [0.3, 0.4) is 0 Å². The molecule has 0 radical (unpaired) electrons. The van der Waals surface area contributed by atoms with E-state index in [9.17, 15) is 4.79 Å². The standard InChI is InChI=1S/C6H8O2.Na.H/c1-2-3-4-5-6(7)8;;/h2-5H,1H3,(H,7,8);;/q;+1;-1. The molecule has 0 aliphatic rings. The average molecular weight is 136 g/mol. The van der Waals surface area contributed by atoms with Gasteiger partial charge in [0.2, 0.25) is 0 Å². The molecule has 0 saturated carbocycles. The van der Waals surface area contributed by atoms with Crippen molar-refractivity contribution in [2.45, 2.75) is 6.92 Å². The maximum atomic E-state index is 9.75. The van der Waals surface area contributed by atoms with E-state index in [1.54, 1.807) is 12.2 Å². The number of carbonyl (C=O) groups is 1. The molecule has 9 heavy (non-hydrogen) atoms. The normalized spacial score (nSPS) is 9.89. The zero-order chi connectivity index (χ0) is 6.41. The fraction of sp³-hybridized carbons (Fsp3) is 0.167. The van der Waals surface area contributed by atoms with E-state index in [1.807, 2.05) is 6.92 Å². The van der Waals surface area contributed by atoms with Gasteiger partial charge in [0.25, 0.3) is 0 Å². The summed E-state index contributed by atoms with van der Waals surface area (Å²) in [5.74, 6) is -0.914. The van der Waals surface area contributed by atoms with Gasteiger partial charge in [-0.25, -0.2) is 4.79 Å². The molecule has 0 amide bonds. The van der Waals surface area contributed by atoms with Crippen LogP contribution in [0.1, 0.15) is 8.35 Å². The summed E-state index contributed by atoms with van der Waals surface area (Å²) in [6, 6.07) is 0. The first-order valence-corrected chi connectivity index (χ1v) is 2.29. The second-order valence-electron chi connectivity index (χ2n) is 1.22. The molecule has 46 valence electrons. The summed E-state index contributed by atoms with van der Waals surface area (Å²) in [7, 11) is 0. The van der Waals surface area contributed by atoms with E-state index in [2.05, 4.69) is 0 Å². The van der Waals surface area contributed by atoms with Crippen LogP contribution in [-0.4, -0.2) is 11.1 Å². The molecular weight excluding hydrogens is 127 g/mol. The SMILES string of the molecule is CC=CC=CC(=O)O.[H-].[Na+]. The van der Waals surface area contributed by atoms with Gasteiger partial charge in [0.15, 0.2) is 0 Å². The fourth-order valence-corrected chi connectivity index (χ4v) is 0.249. The van der Waals surface area contributed by atoms with Crippen molar-refractivity contribution >= 4 is 5.97 Å². The molecule has 0 saturated heterocycles. The van der Waals surface area contributed by atoms with Gasteiger partial charge in [-0.1, -0.05) is 18.2 Å². The minimum Gasteiger partial charge on any atom is -1.00 e. The predicted octanol–water partition coefficient (Wildman–Crippen LogP) is -1.68. The minimum absolute atomic E-state index is 0. The van der Waals surface area contributed by atoms with Gasteiger partial charge < -0.3 is 6.53 Å². The van der Waals surface area contributed by atoms with Gasteiger partial charge in [-0.05, 0) is 6.92 Å². The molecule has 0 aromatic heterocycles. The molecule has 0 aliphatic carbocycles. The molecule has 3 heteroatoms. The van der Waals surface area contributed by atoms with Crippen molar-refractivity contribution in [2.75, 3.05) is 0 Å². The van der Waals surface area contributed by atoms with Gasteiger partial charge in [0.05, 0.1) is 0 Å². The maximum absolute atomic E-state index is 9.75. The van der Waals surface area contributed by atoms with Crippen molar-refractivity contribution in [3.63, 3.8) is 0 Å². The molecule has 0 heterocycles. The first-order valence-electron chi connectivity index (χ1n) is 2.29. The first-order chi connectivity index (χ1) is 3.77. The number of aliphatic carboxylic acids is 1. The summed E-state index contributed by atoms with van der Waals surface area (Å²) in [6.07, 6.45) is 5.98. The second kappa shape index (κ2) is 7.95. The van der Waals surface area contributed by atoms with Crippen LogP contribution < -0.4 is 29.6 Å². The van der Waals surface area contributed by atoms with E-state index in [0.717, 1.165) is 6.08 Å². The first kappa shape index (κ1) is 11.7. The van der Waals surface area contributed by atoms with E-state index in [4.69, 9.17) is 5.11 Å². The van der Waals surface area contributed by atoms with Crippen LogP contribution in [0.2, 0.25) is 0 Å². The fourth-order valence-electron chi connectivity index (χ4n) is 0.249. The molecule has 0 unspecified atom stereocenters. The monoisotopic (exact) mass is 136 g/mol. The van der Waals surface area contributed by atoms with Crippen LogP contribution in [0, 0.1) is 0 Å². The van der Waals surface area contributed by atoms with Crippen LogP contribution in [0.25, 0.3) is 0 Å². The minimum atomic E-state index is -0.914. The molecule has 0 fully saturated rings. The van der Waals surface area contributed by atoms with Gasteiger partial charge in [-0.2, -0.15) is 0 Å². The number of hydrogen-bond acceptors (Lipinski definition) is 1. The van der Waals surface area contributed by atoms with Crippen molar-refractivity contribution in [3.05, 3.63) is 24.3 Å². The molecule has 0 bridgehead atoms. The van der Waals surface area contributed by atoms with Crippen molar-refractivity contribution in [2.24, 2.45) is 0 Å². The molecule has 0 aromatic carbocycles. The summed E-state index contributed by atoms with van der Waals surface area (Å²) < 4.78 is 0. The van der Waals surface area contributed by atoms with Crippen LogP contribution in [0.4, 0.5) is 0 Å².